The Morgan fingerprint density at radius 1 is 1.44 bits per heavy atom. The number of amides is 2. The number of carbonyl (C=O) groups is 2. The van der Waals surface area contributed by atoms with Crippen molar-refractivity contribution in [2.45, 2.75) is 0 Å². The van der Waals surface area contributed by atoms with Gasteiger partial charge < -0.3 is 15.3 Å². The van der Waals surface area contributed by atoms with E-state index >= 15 is 0 Å². The number of carboxylic acid groups (broad SMARTS) is 1. The van der Waals surface area contributed by atoms with Crippen molar-refractivity contribution >= 4 is 22.0 Å². The van der Waals surface area contributed by atoms with E-state index in [4.69, 9.17) is 11.5 Å². The summed E-state index contributed by atoms with van der Waals surface area (Å²) < 4.78 is 24.2. The standard InChI is InChI=1S/C9H15N3O5S/c1-3-5-12(7-8(13)14)9(15)11-4-6-18(16,17)10-2/h1,10H,4-7H2,2H3,(H,11,15)(H,13,14). The highest BCUT2D eigenvalue weighted by Gasteiger charge is 2.16. The lowest BCUT2D eigenvalue weighted by molar-refractivity contribution is -0.137. The van der Waals surface area contributed by atoms with Crippen LogP contribution in [0.1, 0.15) is 0 Å². The van der Waals surface area contributed by atoms with Gasteiger partial charge in [-0.2, -0.15) is 0 Å². The van der Waals surface area contributed by atoms with Gasteiger partial charge >= 0.3 is 12.0 Å². The Morgan fingerprint density at radius 3 is 2.50 bits per heavy atom. The fourth-order valence-corrected chi connectivity index (χ4v) is 1.55. The topological polar surface area (TPSA) is 116 Å². The lowest BCUT2D eigenvalue weighted by atomic mass is 10.5. The first-order valence-corrected chi connectivity index (χ1v) is 6.57. The van der Waals surface area contributed by atoms with Gasteiger partial charge in [-0.1, -0.05) is 5.92 Å². The second-order valence-corrected chi connectivity index (χ2v) is 5.25. The summed E-state index contributed by atoms with van der Waals surface area (Å²) in [5.74, 6) is 0.638. The second kappa shape index (κ2) is 7.52. The smallest absolute Gasteiger partial charge is 0.323 e. The molecule has 0 bridgehead atoms. The van der Waals surface area contributed by atoms with Gasteiger partial charge in [0.25, 0.3) is 0 Å². The number of sulfonamides is 1. The Balaban J connectivity index is 4.28. The van der Waals surface area contributed by atoms with Crippen LogP contribution in [0.5, 0.6) is 0 Å². The van der Waals surface area contributed by atoms with Gasteiger partial charge in [0, 0.05) is 6.54 Å². The van der Waals surface area contributed by atoms with Crippen LogP contribution in [0.15, 0.2) is 0 Å². The molecule has 0 aromatic carbocycles. The van der Waals surface area contributed by atoms with E-state index in [1.807, 2.05) is 0 Å². The summed E-state index contributed by atoms with van der Waals surface area (Å²) in [6.07, 6.45) is 4.99. The van der Waals surface area contributed by atoms with E-state index in [0.29, 0.717) is 0 Å². The maximum Gasteiger partial charge on any atom is 0.323 e. The summed E-state index contributed by atoms with van der Waals surface area (Å²) in [5.41, 5.74) is 0. The molecule has 3 N–H and O–H groups in total. The third kappa shape index (κ3) is 6.72. The minimum atomic E-state index is -3.42. The van der Waals surface area contributed by atoms with Gasteiger partial charge in [-0.25, -0.2) is 17.9 Å². The van der Waals surface area contributed by atoms with Gasteiger partial charge in [0.2, 0.25) is 10.0 Å². The van der Waals surface area contributed by atoms with Crippen LogP contribution in [0.2, 0.25) is 0 Å². The van der Waals surface area contributed by atoms with Crippen molar-refractivity contribution < 1.29 is 23.1 Å². The normalized spacial score (nSPS) is 10.4. The monoisotopic (exact) mass is 277 g/mol. The Bertz CT molecular complexity index is 440. The fourth-order valence-electron chi connectivity index (χ4n) is 0.979. The molecule has 0 heterocycles. The third-order valence-corrected chi connectivity index (χ3v) is 3.22. The lowest BCUT2D eigenvalue weighted by Gasteiger charge is -2.18. The van der Waals surface area contributed by atoms with Gasteiger partial charge in [0.15, 0.2) is 0 Å². The second-order valence-electron chi connectivity index (χ2n) is 3.21. The van der Waals surface area contributed by atoms with E-state index in [2.05, 4.69) is 16.0 Å². The van der Waals surface area contributed by atoms with Crippen molar-refractivity contribution in [3.05, 3.63) is 0 Å². The Labute approximate surface area is 105 Å². The Kier molecular flexibility index (Phi) is 6.77. The number of rotatable bonds is 7. The van der Waals surface area contributed by atoms with Crippen LogP contribution in [0.4, 0.5) is 4.79 Å². The first-order chi connectivity index (χ1) is 8.32. The summed E-state index contributed by atoms with van der Waals surface area (Å²) in [6, 6.07) is -0.721. The molecule has 0 aromatic heterocycles. The van der Waals surface area contributed by atoms with Crippen molar-refractivity contribution in [3.63, 3.8) is 0 Å². The average Bonchev–Trinajstić information content (AvgIpc) is 2.27. The SMILES string of the molecule is C#CCN(CC(=O)O)C(=O)NCCS(=O)(=O)NC. The van der Waals surface area contributed by atoms with Gasteiger partial charge in [-0.3, -0.25) is 4.79 Å². The van der Waals surface area contributed by atoms with Crippen LogP contribution < -0.4 is 10.0 Å². The highest BCUT2D eigenvalue weighted by molar-refractivity contribution is 7.89. The van der Waals surface area contributed by atoms with E-state index in [0.717, 1.165) is 4.90 Å². The van der Waals surface area contributed by atoms with E-state index in [1.165, 1.54) is 7.05 Å². The summed E-state index contributed by atoms with van der Waals surface area (Å²) in [4.78, 5) is 22.8. The number of terminal acetylenes is 1. The molecule has 0 rings (SSSR count). The first-order valence-electron chi connectivity index (χ1n) is 4.91. The molecule has 0 aliphatic heterocycles. The Morgan fingerprint density at radius 2 is 2.06 bits per heavy atom. The van der Waals surface area contributed by atoms with Gasteiger partial charge in [-0.15, -0.1) is 6.42 Å². The molecule has 0 atom stereocenters. The number of hydrogen-bond acceptors (Lipinski definition) is 4. The molecule has 9 heteroatoms. The molecule has 102 valence electrons. The van der Waals surface area contributed by atoms with Crippen molar-refractivity contribution in [2.24, 2.45) is 0 Å². The number of urea groups is 1. The van der Waals surface area contributed by atoms with E-state index < -0.39 is 28.6 Å². The molecule has 8 nitrogen and oxygen atoms in total. The molecule has 0 fully saturated rings. The maximum atomic E-state index is 11.5. The highest BCUT2D eigenvalue weighted by Crippen LogP contribution is 1.89. The number of nitrogens with zero attached hydrogens (tertiary/aromatic N) is 1. The number of carbonyl (C=O) groups excluding carboxylic acids is 1. The molecule has 0 spiro atoms. The minimum absolute atomic E-state index is 0.136. The maximum absolute atomic E-state index is 11.5. The molecule has 2 amide bonds. The fraction of sp³-hybridized carbons (Fsp3) is 0.556. The number of aliphatic carboxylic acids is 1. The zero-order valence-electron chi connectivity index (χ0n) is 9.84. The van der Waals surface area contributed by atoms with E-state index in [1.54, 1.807) is 0 Å². The largest absolute Gasteiger partial charge is 0.480 e. The Hall–Kier alpha value is -1.79. The molecule has 0 aliphatic rings. The van der Waals surface area contributed by atoms with E-state index in [9.17, 15) is 18.0 Å². The molecule has 0 radical (unpaired) electrons. The predicted molar refractivity (Wildman–Crippen MR) is 64.3 cm³/mol. The number of hydrogen-bond donors (Lipinski definition) is 3. The van der Waals surface area contributed by atoms with Gasteiger partial charge in [0.1, 0.15) is 6.54 Å². The summed E-state index contributed by atoms with van der Waals surface area (Å²) >= 11 is 0. The molecule has 18 heavy (non-hydrogen) atoms. The summed E-state index contributed by atoms with van der Waals surface area (Å²) in [6.45, 7) is -0.853. The quantitative estimate of drug-likeness (QED) is 0.478. The van der Waals surface area contributed by atoms with Gasteiger partial charge in [0.05, 0.1) is 12.3 Å². The van der Waals surface area contributed by atoms with Crippen molar-refractivity contribution in [1.29, 1.82) is 0 Å². The summed E-state index contributed by atoms with van der Waals surface area (Å²) in [7, 11) is -2.16. The lowest BCUT2D eigenvalue weighted by Crippen LogP contribution is -2.44. The zero-order chi connectivity index (χ0) is 14.2. The molecular weight excluding hydrogens is 262 g/mol. The number of carboxylic acids is 1. The zero-order valence-corrected chi connectivity index (χ0v) is 10.7. The van der Waals surface area contributed by atoms with Crippen molar-refractivity contribution in [3.8, 4) is 12.3 Å². The molecule has 0 saturated heterocycles. The number of nitrogens with one attached hydrogen (secondary N) is 2. The molecule has 0 aliphatic carbocycles. The molecule has 0 unspecified atom stereocenters. The van der Waals surface area contributed by atoms with Crippen LogP contribution in [0, 0.1) is 12.3 Å². The molecular formula is C9H15N3O5S. The molecule has 0 saturated carbocycles. The third-order valence-electron chi connectivity index (χ3n) is 1.85. The van der Waals surface area contributed by atoms with Crippen LogP contribution >= 0.6 is 0 Å². The van der Waals surface area contributed by atoms with E-state index in [-0.39, 0.29) is 18.8 Å². The minimum Gasteiger partial charge on any atom is -0.480 e. The van der Waals surface area contributed by atoms with Crippen LogP contribution in [-0.4, -0.2) is 62.9 Å². The molecule has 0 aromatic rings. The van der Waals surface area contributed by atoms with Crippen molar-refractivity contribution in [2.75, 3.05) is 32.4 Å². The summed E-state index contributed by atoms with van der Waals surface area (Å²) in [5, 5.41) is 10.8. The van der Waals surface area contributed by atoms with Crippen LogP contribution in [0.25, 0.3) is 0 Å². The van der Waals surface area contributed by atoms with Crippen LogP contribution in [-0.2, 0) is 14.8 Å². The average molecular weight is 277 g/mol. The van der Waals surface area contributed by atoms with Gasteiger partial charge in [-0.05, 0) is 7.05 Å². The van der Waals surface area contributed by atoms with Crippen molar-refractivity contribution in [1.82, 2.24) is 14.9 Å². The predicted octanol–water partition coefficient (Wildman–Crippen LogP) is -1.73. The first kappa shape index (κ1) is 16.2. The van der Waals surface area contributed by atoms with Crippen LogP contribution in [0.3, 0.4) is 0 Å². The highest BCUT2D eigenvalue weighted by atomic mass is 32.2.